The largest absolute Gasteiger partial charge is 0.476 e. The van der Waals surface area contributed by atoms with Gasteiger partial charge in [0.15, 0.2) is 27.2 Å². The zero-order chi connectivity index (χ0) is 86.0. The first-order chi connectivity index (χ1) is 53.0. The first-order valence-corrected chi connectivity index (χ1v) is 36.7. The molecule has 33 nitrogen and oxygen atoms in total. The van der Waals surface area contributed by atoms with Crippen LogP contribution in [0.3, 0.4) is 0 Å². The van der Waals surface area contributed by atoms with E-state index in [9.17, 15) is 54.3 Å². The molecule has 10 unspecified atom stereocenters. The van der Waals surface area contributed by atoms with Gasteiger partial charge in [0, 0.05) is 13.2 Å². The summed E-state index contributed by atoms with van der Waals surface area (Å²) < 4.78 is 114. The molecule has 0 rings (SSSR count). The van der Waals surface area contributed by atoms with Crippen molar-refractivity contribution in [2.45, 2.75) is 214 Å². The molecule has 0 radical (unpaired) electrons. The Morgan fingerprint density at radius 3 is 1.15 bits per heavy atom. The van der Waals surface area contributed by atoms with Gasteiger partial charge in [-0.1, -0.05) is 105 Å². The van der Waals surface area contributed by atoms with Gasteiger partial charge in [-0.05, 0) is 107 Å². The maximum atomic E-state index is 11.8. The average molecular weight is 1610 g/mol. The van der Waals surface area contributed by atoms with Crippen molar-refractivity contribution in [3.05, 3.63) is 123 Å². The lowest BCUT2D eigenvalue weighted by Gasteiger charge is -2.28. The first-order valence-electron chi connectivity index (χ1n) is 36.7. The fourth-order valence-corrected chi connectivity index (χ4v) is 7.42. The molecule has 648 valence electrons. The van der Waals surface area contributed by atoms with Crippen LogP contribution in [-0.4, -0.2) is 263 Å². The van der Waals surface area contributed by atoms with E-state index in [1.165, 1.54) is 41.4 Å². The summed E-state index contributed by atoms with van der Waals surface area (Å²) >= 11 is 0. The standard InChI is InChI=1S/C24H38O12.C21H38O6.C18H30O6.C16H28O9/c1-15(22(25)28-7)18(4)33-12-31-10-21(36-14-35-20(6)17(3)24(27)30-9)11-32-13-34-19(5)16(2)23(26)29-8;1-5-7-12-19(22)17(3)21(24)26-15-11-9-10-14-25-16-27-18(4)20(23)13-8-6-2;1-7-21-17(19)13(3)15(5)23-11-9-10-12-24-16(6)14(4)18(20)22-8-2;1-6-20-9-21-7-16(19,25-11-24-15(5)13(3)18)8-22-10-23-14(4)12(2)17/h18-21H,1-3,10-14H2,4-9H3;19-20,22-23H,3-16H2,1-2H3;15-16H,3-4,7-12H2,1-2,5-6H3;6,12-13,17-19H,1,4-5,7-11H2,2-3H3. The molecule has 33 heteroatoms. The van der Waals surface area contributed by atoms with Crippen molar-refractivity contribution in [2.75, 3.05) is 135 Å². The summed E-state index contributed by atoms with van der Waals surface area (Å²) in [6.45, 7) is 55.4. The fourth-order valence-electron chi connectivity index (χ4n) is 7.42. The molecular formula is C79H134O33. The monoisotopic (exact) mass is 1610 g/mol. The zero-order valence-electron chi connectivity index (χ0n) is 68.9. The number of hydrogen-bond acceptors (Lipinski definition) is 33. The van der Waals surface area contributed by atoms with E-state index >= 15 is 0 Å². The van der Waals surface area contributed by atoms with Crippen molar-refractivity contribution in [3.63, 3.8) is 0 Å². The van der Waals surface area contributed by atoms with Gasteiger partial charge >= 0.3 is 35.8 Å². The number of rotatable bonds is 67. The van der Waals surface area contributed by atoms with Gasteiger partial charge in [-0.25, -0.2) is 28.8 Å². The summed E-state index contributed by atoms with van der Waals surface area (Å²) in [6.07, 6.45) is 3.53. The third-order valence-electron chi connectivity index (χ3n) is 15.1. The van der Waals surface area contributed by atoms with Crippen LogP contribution in [0.25, 0.3) is 0 Å². The lowest BCUT2D eigenvalue weighted by molar-refractivity contribution is -0.294. The van der Waals surface area contributed by atoms with Crippen LogP contribution in [0, 0.1) is 0 Å². The third kappa shape index (κ3) is 57.7. The minimum absolute atomic E-state index is 0.0253. The van der Waals surface area contributed by atoms with Crippen molar-refractivity contribution in [3.8, 4) is 0 Å². The van der Waals surface area contributed by atoms with Gasteiger partial charge in [0.25, 0.3) is 0 Å². The predicted octanol–water partition coefficient (Wildman–Crippen LogP) is 8.94. The summed E-state index contributed by atoms with van der Waals surface area (Å²) in [7, 11) is 3.74. The van der Waals surface area contributed by atoms with E-state index in [1.807, 2.05) is 6.92 Å². The van der Waals surface area contributed by atoms with Gasteiger partial charge in [-0.2, -0.15) is 0 Å². The van der Waals surface area contributed by atoms with Crippen LogP contribution in [0.2, 0.25) is 0 Å². The van der Waals surface area contributed by atoms with Crippen molar-refractivity contribution in [1.29, 1.82) is 0 Å². The minimum atomic E-state index is -1.88. The summed E-state index contributed by atoms with van der Waals surface area (Å²) in [5.74, 6) is -4.47. The fraction of sp³-hybridized carbons (Fsp3) is 0.671. The number of aliphatic hydroxyl groups is 5. The van der Waals surface area contributed by atoms with E-state index < -0.39 is 97.2 Å². The highest BCUT2D eigenvalue weighted by molar-refractivity contribution is 5.90. The van der Waals surface area contributed by atoms with Gasteiger partial charge in [0.05, 0.1) is 137 Å². The molecule has 0 aromatic heterocycles. The molecular weight excluding hydrogens is 1480 g/mol. The predicted molar refractivity (Wildman–Crippen MR) is 412 cm³/mol. The molecule has 0 aromatic rings. The van der Waals surface area contributed by atoms with Gasteiger partial charge in [-0.15, -0.1) is 0 Å². The molecule has 0 heterocycles. The summed E-state index contributed by atoms with van der Waals surface area (Å²) in [5, 5.41) is 48.4. The molecule has 0 amide bonds. The second-order valence-electron chi connectivity index (χ2n) is 24.3. The van der Waals surface area contributed by atoms with Crippen LogP contribution >= 0.6 is 0 Å². The molecule has 5 N–H and O–H groups in total. The second kappa shape index (κ2) is 70.4. The molecule has 0 aliphatic carbocycles. The molecule has 0 fully saturated rings. The topological polar surface area (TPSA) is 407 Å². The first kappa shape index (κ1) is 111. The highest BCUT2D eigenvalue weighted by Gasteiger charge is 2.31. The van der Waals surface area contributed by atoms with Gasteiger partial charge < -0.3 is 130 Å². The van der Waals surface area contributed by atoms with E-state index in [2.05, 4.69) is 86.9 Å². The Balaban J connectivity index is -0.000000704. The number of carbonyl (C=O) groups excluding carboxylic acids is 6. The Morgan fingerprint density at radius 2 is 0.732 bits per heavy atom. The number of esters is 6. The van der Waals surface area contributed by atoms with Crippen LogP contribution in [0.5, 0.6) is 0 Å². The summed E-state index contributed by atoms with van der Waals surface area (Å²) in [6, 6.07) is 0. The van der Waals surface area contributed by atoms with Crippen LogP contribution in [0.15, 0.2) is 123 Å². The van der Waals surface area contributed by atoms with Crippen molar-refractivity contribution < 1.29 is 159 Å². The maximum absolute atomic E-state index is 11.8. The zero-order valence-corrected chi connectivity index (χ0v) is 68.9. The summed E-state index contributed by atoms with van der Waals surface area (Å²) in [5.41, 5.74) is 1.17. The summed E-state index contributed by atoms with van der Waals surface area (Å²) in [4.78, 5) is 69.3. The van der Waals surface area contributed by atoms with E-state index in [0.717, 1.165) is 57.8 Å². The lowest BCUT2D eigenvalue weighted by Crippen LogP contribution is -2.43. The van der Waals surface area contributed by atoms with Crippen molar-refractivity contribution in [1.82, 2.24) is 0 Å². The Morgan fingerprint density at radius 1 is 0.366 bits per heavy atom. The molecule has 10 atom stereocenters. The molecule has 0 saturated heterocycles. The number of hydrogen-bond donors (Lipinski definition) is 5. The molecule has 0 aromatic carbocycles. The van der Waals surface area contributed by atoms with Gasteiger partial charge in [0.1, 0.15) is 75.3 Å². The van der Waals surface area contributed by atoms with Crippen LogP contribution in [0.1, 0.15) is 147 Å². The smallest absolute Gasteiger partial charge is 0.336 e. The average Bonchev–Trinajstić information content (AvgIpc) is 0.876. The van der Waals surface area contributed by atoms with Crippen LogP contribution in [-0.2, 0) is 133 Å². The number of ether oxygens (including phenoxy) is 22. The Labute approximate surface area is 663 Å². The molecule has 0 aliphatic heterocycles. The number of carbonyl (C=O) groups is 6. The van der Waals surface area contributed by atoms with Crippen molar-refractivity contribution >= 4 is 35.8 Å². The minimum Gasteiger partial charge on any atom is -0.476 e. The molecule has 0 bridgehead atoms. The van der Waals surface area contributed by atoms with E-state index in [0.29, 0.717) is 69.4 Å². The quantitative estimate of drug-likeness (QED) is 0.00946. The van der Waals surface area contributed by atoms with Gasteiger partial charge in [0.2, 0.25) is 5.79 Å². The second-order valence-corrected chi connectivity index (χ2v) is 24.3. The van der Waals surface area contributed by atoms with Crippen LogP contribution < -0.4 is 0 Å². The lowest BCUT2D eigenvalue weighted by atomic mass is 10.1. The highest BCUT2D eigenvalue weighted by Crippen LogP contribution is 2.17. The maximum Gasteiger partial charge on any atom is 0.336 e. The van der Waals surface area contributed by atoms with E-state index in [4.69, 9.17) is 90.0 Å². The Kier molecular flexibility index (Phi) is 69.8. The SMILES string of the molecule is C=C(C(=O)OC)C(C)OCOCC(COCOC(C)C(=C)C(=O)OC)OCOC(C)C(=C)C(=O)OC.C=C(C(=O)OCC)C(C)OCCCCOC(C)C(=C)C(=O)OCC.C=C(OCOCCCCCOC(=O)C(=C)C(O)CCCC)C(O)CCCC.C=COCOCC(O)(COCOC(=C)C(C)O)OCOC(=C)C(C)O. The van der Waals surface area contributed by atoms with Crippen molar-refractivity contribution in [2.24, 2.45) is 0 Å². The molecule has 0 saturated carbocycles. The molecule has 0 spiro atoms. The number of unbranched alkanes of at least 4 members (excludes halogenated alkanes) is 5. The number of aliphatic hydroxyl groups excluding tert-OH is 4. The molecule has 0 aliphatic rings. The van der Waals surface area contributed by atoms with E-state index in [1.54, 1.807) is 48.5 Å². The molecule has 112 heavy (non-hydrogen) atoms. The number of methoxy groups -OCH3 is 3. The normalized spacial score (nSPS) is 14.0. The van der Waals surface area contributed by atoms with Crippen LogP contribution in [0.4, 0.5) is 0 Å². The Hall–Kier alpha value is -7.26. The highest BCUT2D eigenvalue weighted by atomic mass is 16.8. The Bertz CT molecular complexity index is 2630. The van der Waals surface area contributed by atoms with E-state index in [-0.39, 0.29) is 113 Å². The third-order valence-corrected chi connectivity index (χ3v) is 15.1. The van der Waals surface area contributed by atoms with Gasteiger partial charge in [-0.3, -0.25) is 0 Å².